The lowest BCUT2D eigenvalue weighted by Gasteiger charge is -2.46. The Kier molecular flexibility index (Phi) is 1.99. The van der Waals surface area contributed by atoms with Crippen LogP contribution in [0, 0.1) is 17.3 Å². The smallest absolute Gasteiger partial charge is 0.0521 e. The number of aliphatic hydroxyl groups is 1. The second-order valence-electron chi connectivity index (χ2n) is 4.68. The van der Waals surface area contributed by atoms with Crippen LogP contribution in [0.3, 0.4) is 0 Å². The largest absolute Gasteiger partial charge is 0.395 e. The molecule has 12 heavy (non-hydrogen) atoms. The molecular formula is C11H18O. The molecule has 0 aliphatic heterocycles. The zero-order chi connectivity index (χ0) is 8.60. The maximum atomic E-state index is 9.31. The number of rotatable bonds is 1. The molecule has 1 heteroatoms. The number of allylic oxidation sites excluding steroid dienone is 1. The molecule has 3 aliphatic carbocycles. The third kappa shape index (κ3) is 1.20. The van der Waals surface area contributed by atoms with Gasteiger partial charge in [-0.3, -0.25) is 0 Å². The molecule has 1 atom stereocenters. The number of fused-ring (bicyclic) bond motifs is 3. The Bertz CT molecular complexity index is 191. The van der Waals surface area contributed by atoms with E-state index in [9.17, 15) is 5.11 Å². The number of aliphatic hydroxyl groups excluding tert-OH is 1. The predicted molar refractivity (Wildman–Crippen MR) is 49.8 cm³/mol. The first-order valence-corrected chi connectivity index (χ1v) is 5.03. The number of hydrogen-bond acceptors (Lipinski definition) is 1. The molecule has 1 saturated carbocycles. The van der Waals surface area contributed by atoms with Crippen molar-refractivity contribution in [3.63, 3.8) is 0 Å². The summed E-state index contributed by atoms with van der Waals surface area (Å²) in [7, 11) is 0. The molecule has 1 fully saturated rings. The van der Waals surface area contributed by atoms with E-state index in [1.165, 1.54) is 25.7 Å². The van der Waals surface area contributed by atoms with Gasteiger partial charge < -0.3 is 5.11 Å². The van der Waals surface area contributed by atoms with Crippen molar-refractivity contribution in [1.29, 1.82) is 0 Å². The molecule has 0 radical (unpaired) electrons. The fourth-order valence-electron chi connectivity index (χ4n) is 2.51. The van der Waals surface area contributed by atoms with Crippen molar-refractivity contribution in [2.24, 2.45) is 17.3 Å². The van der Waals surface area contributed by atoms with Gasteiger partial charge in [0, 0.05) is 5.41 Å². The molecule has 0 saturated heterocycles. The quantitative estimate of drug-likeness (QED) is 0.593. The van der Waals surface area contributed by atoms with Crippen LogP contribution in [0.5, 0.6) is 0 Å². The summed E-state index contributed by atoms with van der Waals surface area (Å²) in [4.78, 5) is 0. The highest BCUT2D eigenvalue weighted by molar-refractivity contribution is 5.06. The maximum Gasteiger partial charge on any atom is 0.0521 e. The van der Waals surface area contributed by atoms with Gasteiger partial charge in [0.25, 0.3) is 0 Å². The lowest BCUT2D eigenvalue weighted by atomic mass is 9.59. The van der Waals surface area contributed by atoms with Crippen molar-refractivity contribution >= 4 is 0 Å². The molecule has 3 aliphatic rings. The highest BCUT2D eigenvalue weighted by atomic mass is 16.3. The van der Waals surface area contributed by atoms with Gasteiger partial charge in [-0.2, -0.15) is 0 Å². The minimum absolute atomic E-state index is 0.0942. The Labute approximate surface area is 74.5 Å². The van der Waals surface area contributed by atoms with Crippen LogP contribution in [-0.2, 0) is 0 Å². The standard InChI is InChI=1S/C11H18O/c1-11(8-12)5-3-2-4-9-6-10(11)7-9/h3,5,9-10,12H,2,4,6-8H2,1H3/b5-3-. The van der Waals surface area contributed by atoms with E-state index < -0.39 is 0 Å². The van der Waals surface area contributed by atoms with E-state index in [1.807, 2.05) is 0 Å². The molecule has 2 bridgehead atoms. The van der Waals surface area contributed by atoms with Crippen molar-refractivity contribution in [3.05, 3.63) is 12.2 Å². The highest BCUT2D eigenvalue weighted by Gasteiger charge is 2.41. The minimum atomic E-state index is 0.0942. The summed E-state index contributed by atoms with van der Waals surface area (Å²) in [6, 6.07) is 0. The Balaban J connectivity index is 2.14. The van der Waals surface area contributed by atoms with Crippen molar-refractivity contribution in [2.45, 2.75) is 32.6 Å². The minimum Gasteiger partial charge on any atom is -0.395 e. The van der Waals surface area contributed by atoms with Crippen LogP contribution in [0.25, 0.3) is 0 Å². The van der Waals surface area contributed by atoms with Gasteiger partial charge in [0.05, 0.1) is 6.61 Å². The summed E-state index contributed by atoms with van der Waals surface area (Å²) in [6.07, 6.45) is 9.78. The van der Waals surface area contributed by atoms with Gasteiger partial charge in [-0.25, -0.2) is 0 Å². The van der Waals surface area contributed by atoms with E-state index in [-0.39, 0.29) is 5.41 Å². The monoisotopic (exact) mass is 166 g/mol. The van der Waals surface area contributed by atoms with E-state index in [0.29, 0.717) is 6.61 Å². The van der Waals surface area contributed by atoms with E-state index in [0.717, 1.165) is 11.8 Å². The fourth-order valence-corrected chi connectivity index (χ4v) is 2.51. The van der Waals surface area contributed by atoms with Crippen LogP contribution in [0.4, 0.5) is 0 Å². The van der Waals surface area contributed by atoms with Gasteiger partial charge >= 0.3 is 0 Å². The summed E-state index contributed by atoms with van der Waals surface area (Å²) < 4.78 is 0. The first kappa shape index (κ1) is 8.31. The molecule has 0 heterocycles. The third-order valence-electron chi connectivity index (χ3n) is 3.75. The lowest BCUT2D eigenvalue weighted by Crippen LogP contribution is -2.39. The van der Waals surface area contributed by atoms with Crippen LogP contribution in [-0.4, -0.2) is 11.7 Å². The van der Waals surface area contributed by atoms with E-state index in [4.69, 9.17) is 0 Å². The Hall–Kier alpha value is -0.300. The summed E-state index contributed by atoms with van der Waals surface area (Å²) in [5.41, 5.74) is 0.0942. The van der Waals surface area contributed by atoms with Gasteiger partial charge in [0.15, 0.2) is 0 Å². The maximum absolute atomic E-state index is 9.31. The van der Waals surface area contributed by atoms with Gasteiger partial charge in [0.1, 0.15) is 0 Å². The molecule has 1 unspecified atom stereocenters. The SMILES string of the molecule is CC1(CO)/C=C\CCC2CC1C2. The zero-order valence-electron chi connectivity index (χ0n) is 7.79. The Morgan fingerprint density at radius 1 is 1.50 bits per heavy atom. The fraction of sp³-hybridized carbons (Fsp3) is 0.818. The molecule has 1 N–H and O–H groups in total. The topological polar surface area (TPSA) is 20.2 Å². The van der Waals surface area contributed by atoms with Gasteiger partial charge in [0.2, 0.25) is 0 Å². The Morgan fingerprint density at radius 2 is 2.25 bits per heavy atom. The second kappa shape index (κ2) is 2.88. The van der Waals surface area contributed by atoms with Crippen molar-refractivity contribution in [2.75, 3.05) is 6.61 Å². The van der Waals surface area contributed by atoms with E-state index in [2.05, 4.69) is 19.1 Å². The number of hydrogen-bond donors (Lipinski definition) is 1. The third-order valence-corrected chi connectivity index (χ3v) is 3.75. The summed E-state index contributed by atoms with van der Waals surface area (Å²) in [5, 5.41) is 9.31. The lowest BCUT2D eigenvalue weighted by molar-refractivity contribution is 0.0296. The van der Waals surface area contributed by atoms with Crippen molar-refractivity contribution < 1.29 is 5.11 Å². The summed E-state index contributed by atoms with van der Waals surface area (Å²) in [5.74, 6) is 1.72. The van der Waals surface area contributed by atoms with Gasteiger partial charge in [-0.1, -0.05) is 19.1 Å². The molecular weight excluding hydrogens is 148 g/mol. The second-order valence-corrected chi connectivity index (χ2v) is 4.68. The highest BCUT2D eigenvalue weighted by Crippen LogP contribution is 2.49. The molecule has 3 rings (SSSR count). The molecule has 0 amide bonds. The summed E-state index contributed by atoms with van der Waals surface area (Å²) in [6.45, 7) is 2.51. The molecule has 0 spiro atoms. The summed E-state index contributed by atoms with van der Waals surface area (Å²) >= 11 is 0. The first-order valence-electron chi connectivity index (χ1n) is 5.03. The van der Waals surface area contributed by atoms with E-state index >= 15 is 0 Å². The predicted octanol–water partition coefficient (Wildman–Crippen LogP) is 2.36. The zero-order valence-corrected chi connectivity index (χ0v) is 7.79. The van der Waals surface area contributed by atoms with Crippen LogP contribution in [0.1, 0.15) is 32.6 Å². The molecule has 68 valence electrons. The molecule has 1 nitrogen and oxygen atoms in total. The van der Waals surface area contributed by atoms with Crippen molar-refractivity contribution in [1.82, 2.24) is 0 Å². The Morgan fingerprint density at radius 3 is 2.92 bits per heavy atom. The van der Waals surface area contributed by atoms with Crippen LogP contribution < -0.4 is 0 Å². The average Bonchev–Trinajstić information content (AvgIpc) is 1.95. The van der Waals surface area contributed by atoms with Crippen molar-refractivity contribution in [3.8, 4) is 0 Å². The van der Waals surface area contributed by atoms with E-state index in [1.54, 1.807) is 0 Å². The first-order chi connectivity index (χ1) is 5.74. The van der Waals surface area contributed by atoms with Gasteiger partial charge in [-0.15, -0.1) is 0 Å². The molecule has 0 aromatic rings. The van der Waals surface area contributed by atoms with Crippen LogP contribution in [0.2, 0.25) is 0 Å². The van der Waals surface area contributed by atoms with Crippen LogP contribution >= 0.6 is 0 Å². The molecule has 0 aromatic heterocycles. The normalized spacial score (nSPS) is 48.8. The molecule has 0 aromatic carbocycles. The van der Waals surface area contributed by atoms with Gasteiger partial charge in [-0.05, 0) is 37.5 Å². The average molecular weight is 166 g/mol. The van der Waals surface area contributed by atoms with Crippen LogP contribution in [0.15, 0.2) is 12.2 Å².